The first kappa shape index (κ1) is 20.3. The zero-order valence-corrected chi connectivity index (χ0v) is 16.6. The Morgan fingerprint density at radius 1 is 1.08 bits per heavy atom. The summed E-state index contributed by atoms with van der Waals surface area (Å²) in [6, 6.07) is 9.78. The molecule has 1 aliphatic rings. The Morgan fingerprint density at radius 2 is 1.85 bits per heavy atom. The van der Waals surface area contributed by atoms with Gasteiger partial charge in [-0.3, -0.25) is 9.69 Å². The van der Waals surface area contributed by atoms with Crippen LogP contribution in [0.25, 0.3) is 0 Å². The van der Waals surface area contributed by atoms with Gasteiger partial charge in [0.25, 0.3) is 5.91 Å². The molecule has 26 heavy (non-hydrogen) atoms. The highest BCUT2D eigenvalue weighted by atomic mass is 32.2. The summed E-state index contributed by atoms with van der Waals surface area (Å²) < 4.78 is 0. The molecule has 0 saturated carbocycles. The first-order valence-electron chi connectivity index (χ1n) is 9.58. The quantitative estimate of drug-likeness (QED) is 0.325. The molecule has 1 aliphatic heterocycles. The Morgan fingerprint density at radius 3 is 2.58 bits per heavy atom. The fourth-order valence-electron chi connectivity index (χ4n) is 2.55. The minimum Gasteiger partial charge on any atom is -0.286 e. The van der Waals surface area contributed by atoms with E-state index >= 15 is 0 Å². The van der Waals surface area contributed by atoms with Gasteiger partial charge in [-0.2, -0.15) is 0 Å². The van der Waals surface area contributed by atoms with Gasteiger partial charge in [-0.1, -0.05) is 69.6 Å². The van der Waals surface area contributed by atoms with Crippen LogP contribution in [-0.2, 0) is 4.79 Å². The highest BCUT2D eigenvalue weighted by Gasteiger charge is 2.32. The third kappa shape index (κ3) is 6.38. The van der Waals surface area contributed by atoms with Gasteiger partial charge in [0, 0.05) is 19.0 Å². The molecule has 0 radical (unpaired) electrons. The third-order valence-electron chi connectivity index (χ3n) is 4.06. The summed E-state index contributed by atoms with van der Waals surface area (Å²) in [5.41, 5.74) is 0.868. The smallest absolute Gasteiger partial charge is 0.267 e. The number of rotatable bonds is 8. The van der Waals surface area contributed by atoms with Crippen LogP contribution in [0.5, 0.6) is 0 Å². The number of benzene rings is 1. The van der Waals surface area contributed by atoms with Crippen molar-refractivity contribution in [3.05, 3.63) is 41.3 Å². The molecular formula is C22H28N2OS. The predicted octanol–water partition coefficient (Wildman–Crippen LogP) is 5.91. The van der Waals surface area contributed by atoms with E-state index in [2.05, 4.69) is 30.7 Å². The second-order valence-corrected chi connectivity index (χ2v) is 7.29. The van der Waals surface area contributed by atoms with Crippen molar-refractivity contribution >= 4 is 28.5 Å². The molecule has 1 heterocycles. The number of amides is 1. The summed E-state index contributed by atoms with van der Waals surface area (Å²) in [6.07, 6.45) is 9.54. The second kappa shape index (κ2) is 11.6. The van der Waals surface area contributed by atoms with E-state index in [0.717, 1.165) is 36.5 Å². The van der Waals surface area contributed by atoms with E-state index in [4.69, 9.17) is 0 Å². The molecule has 0 N–H and O–H groups in total. The van der Waals surface area contributed by atoms with E-state index in [1.165, 1.54) is 31.0 Å². The maximum atomic E-state index is 12.7. The molecule has 0 spiro atoms. The van der Waals surface area contributed by atoms with Crippen LogP contribution in [0.15, 0.2) is 46.3 Å². The van der Waals surface area contributed by atoms with Crippen molar-refractivity contribution < 1.29 is 4.79 Å². The highest BCUT2D eigenvalue weighted by Crippen LogP contribution is 2.32. The van der Waals surface area contributed by atoms with E-state index in [1.807, 2.05) is 30.3 Å². The first-order chi connectivity index (χ1) is 12.8. The zero-order chi connectivity index (χ0) is 18.6. The molecule has 0 unspecified atom stereocenters. The maximum absolute atomic E-state index is 12.7. The van der Waals surface area contributed by atoms with Crippen molar-refractivity contribution in [1.82, 2.24) is 4.90 Å². The van der Waals surface area contributed by atoms with Gasteiger partial charge < -0.3 is 0 Å². The number of amidine groups is 1. The van der Waals surface area contributed by atoms with Crippen molar-refractivity contribution in [2.24, 2.45) is 4.99 Å². The van der Waals surface area contributed by atoms with Crippen molar-refractivity contribution in [2.45, 2.75) is 58.8 Å². The molecule has 1 aromatic carbocycles. The van der Waals surface area contributed by atoms with Crippen LogP contribution >= 0.6 is 11.8 Å². The Bertz CT molecular complexity index is 698. The van der Waals surface area contributed by atoms with Crippen LogP contribution in [0.3, 0.4) is 0 Å². The number of allylic oxidation sites excluding steroid dienone is 1. The summed E-state index contributed by atoms with van der Waals surface area (Å²) in [4.78, 5) is 19.8. The van der Waals surface area contributed by atoms with Gasteiger partial charge in [0.15, 0.2) is 5.17 Å². The van der Waals surface area contributed by atoms with E-state index in [1.54, 1.807) is 11.0 Å². The molecule has 0 aliphatic carbocycles. The zero-order valence-electron chi connectivity index (χ0n) is 15.8. The molecule has 1 fully saturated rings. The number of carbonyl (C=O) groups excluding carboxylic acids is 1. The third-order valence-corrected chi connectivity index (χ3v) is 5.07. The molecule has 1 saturated heterocycles. The summed E-state index contributed by atoms with van der Waals surface area (Å²) in [7, 11) is 0. The van der Waals surface area contributed by atoms with Crippen LogP contribution in [0.1, 0.15) is 58.8 Å². The van der Waals surface area contributed by atoms with Crippen molar-refractivity contribution in [3.8, 4) is 11.8 Å². The highest BCUT2D eigenvalue weighted by molar-refractivity contribution is 8.18. The van der Waals surface area contributed by atoms with Crippen molar-refractivity contribution in [3.63, 3.8) is 0 Å². The average molecular weight is 369 g/mol. The summed E-state index contributed by atoms with van der Waals surface area (Å²) in [6.45, 7) is 5.04. The maximum Gasteiger partial charge on any atom is 0.267 e. The lowest BCUT2D eigenvalue weighted by atomic mass is 10.2. The topological polar surface area (TPSA) is 32.7 Å². The van der Waals surface area contributed by atoms with Gasteiger partial charge in [0.2, 0.25) is 0 Å². The van der Waals surface area contributed by atoms with Gasteiger partial charge in [-0.05, 0) is 36.7 Å². The number of hydrogen-bond acceptors (Lipinski definition) is 3. The van der Waals surface area contributed by atoms with Crippen LogP contribution in [0.4, 0.5) is 5.69 Å². The van der Waals surface area contributed by atoms with E-state index < -0.39 is 0 Å². The molecule has 0 aromatic heterocycles. The molecule has 3 nitrogen and oxygen atoms in total. The normalized spacial score (nSPS) is 17.0. The monoisotopic (exact) mass is 368 g/mol. The van der Waals surface area contributed by atoms with Gasteiger partial charge in [0.1, 0.15) is 0 Å². The first-order valence-corrected chi connectivity index (χ1v) is 10.4. The summed E-state index contributed by atoms with van der Waals surface area (Å²) in [5, 5.41) is 0.755. The van der Waals surface area contributed by atoms with Crippen molar-refractivity contribution in [1.29, 1.82) is 0 Å². The van der Waals surface area contributed by atoms with Crippen LogP contribution < -0.4 is 0 Å². The molecule has 1 amide bonds. The standard InChI is InChI=1S/C22H28N2OS/c1-3-5-7-8-9-10-14-17-20-21(25)24(18-6-4-2)22(26-20)23-19-15-12-11-13-16-19/h11-13,15-17H,3-9,18H2,1-2H3. The molecule has 0 atom stereocenters. The van der Waals surface area contributed by atoms with Crippen LogP contribution in [0.2, 0.25) is 0 Å². The SMILES string of the molecule is CCCCCCC#CC=C1SC(=Nc2ccccc2)N(CCCC)C1=O. The van der Waals surface area contributed by atoms with Gasteiger partial charge >= 0.3 is 0 Å². The van der Waals surface area contributed by atoms with Crippen molar-refractivity contribution in [2.75, 3.05) is 6.54 Å². The molecular weight excluding hydrogens is 340 g/mol. The number of thioether (sulfide) groups is 1. The number of hydrogen-bond donors (Lipinski definition) is 0. The minimum atomic E-state index is 0.0263. The number of para-hydroxylation sites is 1. The Balaban J connectivity index is 2.07. The average Bonchev–Trinajstić information content (AvgIpc) is 2.95. The number of nitrogens with zero attached hydrogens (tertiary/aromatic N) is 2. The second-order valence-electron chi connectivity index (χ2n) is 6.28. The molecule has 138 valence electrons. The largest absolute Gasteiger partial charge is 0.286 e. The van der Waals surface area contributed by atoms with Crippen LogP contribution in [-0.4, -0.2) is 22.5 Å². The molecule has 1 aromatic rings. The predicted molar refractivity (Wildman–Crippen MR) is 112 cm³/mol. The summed E-state index contributed by atoms with van der Waals surface area (Å²) >= 11 is 1.43. The molecule has 4 heteroatoms. The molecule has 0 bridgehead atoms. The minimum absolute atomic E-state index is 0.0263. The Hall–Kier alpha value is -1.99. The Kier molecular flexibility index (Phi) is 9.06. The van der Waals surface area contributed by atoms with Gasteiger partial charge in [0.05, 0.1) is 10.6 Å². The van der Waals surface area contributed by atoms with Gasteiger partial charge in [-0.15, -0.1) is 0 Å². The number of carbonyl (C=O) groups is 1. The number of aliphatic imine (C=N–C) groups is 1. The van der Waals surface area contributed by atoms with E-state index in [9.17, 15) is 4.79 Å². The van der Waals surface area contributed by atoms with Gasteiger partial charge in [-0.25, -0.2) is 4.99 Å². The summed E-state index contributed by atoms with van der Waals surface area (Å²) in [5.74, 6) is 6.25. The van der Waals surface area contributed by atoms with E-state index in [-0.39, 0.29) is 5.91 Å². The lowest BCUT2D eigenvalue weighted by Crippen LogP contribution is -2.30. The lowest BCUT2D eigenvalue weighted by molar-refractivity contribution is -0.122. The lowest BCUT2D eigenvalue weighted by Gasteiger charge is -2.14. The molecule has 2 rings (SSSR count). The fourth-order valence-corrected chi connectivity index (χ4v) is 3.49. The number of unbranched alkanes of at least 4 members (excludes halogenated alkanes) is 5. The fraction of sp³-hybridized carbons (Fsp3) is 0.455. The van der Waals surface area contributed by atoms with Crippen LogP contribution in [0, 0.1) is 11.8 Å². The van der Waals surface area contributed by atoms with E-state index in [0.29, 0.717) is 11.4 Å². The Labute approximate surface area is 162 Å².